The Labute approximate surface area is 161 Å². The molecular formula is C20H26N2O4S. The third-order valence-electron chi connectivity index (χ3n) is 4.20. The Morgan fingerprint density at radius 1 is 1.15 bits per heavy atom. The predicted molar refractivity (Wildman–Crippen MR) is 107 cm³/mol. The van der Waals surface area contributed by atoms with Crippen LogP contribution in [-0.4, -0.2) is 27.5 Å². The number of benzene rings is 2. The average molecular weight is 391 g/mol. The smallest absolute Gasteiger partial charge is 0.261 e. The molecule has 7 heteroatoms. The summed E-state index contributed by atoms with van der Waals surface area (Å²) in [4.78, 5) is 12.4. The maximum absolute atomic E-state index is 12.6. The largest absolute Gasteiger partial charge is 0.497 e. The Morgan fingerprint density at radius 3 is 2.37 bits per heavy atom. The fourth-order valence-corrected chi connectivity index (χ4v) is 3.82. The molecular weight excluding hydrogens is 364 g/mol. The molecule has 2 N–H and O–H groups in total. The fourth-order valence-electron chi connectivity index (χ4n) is 2.69. The van der Waals surface area contributed by atoms with E-state index >= 15 is 0 Å². The molecule has 0 saturated carbocycles. The van der Waals surface area contributed by atoms with Gasteiger partial charge in [0.1, 0.15) is 5.75 Å². The van der Waals surface area contributed by atoms with E-state index in [1.54, 1.807) is 37.3 Å². The van der Waals surface area contributed by atoms with Crippen molar-refractivity contribution in [3.05, 3.63) is 53.6 Å². The highest BCUT2D eigenvalue weighted by molar-refractivity contribution is 7.92. The van der Waals surface area contributed by atoms with E-state index in [2.05, 4.69) is 17.0 Å². The molecule has 2 rings (SSSR count). The zero-order valence-electron chi connectivity index (χ0n) is 16.1. The molecule has 0 heterocycles. The molecule has 0 bridgehead atoms. The van der Waals surface area contributed by atoms with Crippen LogP contribution < -0.4 is 14.8 Å². The van der Waals surface area contributed by atoms with E-state index in [0.29, 0.717) is 22.6 Å². The van der Waals surface area contributed by atoms with Gasteiger partial charge >= 0.3 is 0 Å². The highest BCUT2D eigenvalue weighted by Gasteiger charge is 2.17. The summed E-state index contributed by atoms with van der Waals surface area (Å²) in [6.07, 6.45) is 1.90. The summed E-state index contributed by atoms with van der Waals surface area (Å²) in [5, 5.41) is 2.94. The number of hydrogen-bond donors (Lipinski definition) is 2. The first-order valence-electron chi connectivity index (χ1n) is 8.85. The number of carbonyl (C=O) groups is 1. The second-order valence-electron chi connectivity index (χ2n) is 6.47. The first kappa shape index (κ1) is 20.8. The maximum atomic E-state index is 12.6. The Bertz CT molecular complexity index is 893. The van der Waals surface area contributed by atoms with E-state index in [1.165, 1.54) is 19.2 Å². The molecule has 0 radical (unpaired) electrons. The standard InChI is InChI=1S/C20H26N2O4S/c1-5-6-15(3)21-20(23)16-7-12-19(14(2)13-16)22-27(24,25)18-10-8-17(26-4)9-11-18/h7-13,15,22H,5-6H2,1-4H3,(H,21,23). The second kappa shape index (κ2) is 8.90. The summed E-state index contributed by atoms with van der Waals surface area (Å²) >= 11 is 0. The predicted octanol–water partition coefficient (Wildman–Crippen LogP) is 3.72. The van der Waals surface area contributed by atoms with E-state index in [9.17, 15) is 13.2 Å². The molecule has 0 spiro atoms. The molecule has 6 nitrogen and oxygen atoms in total. The summed E-state index contributed by atoms with van der Waals surface area (Å²) in [6.45, 7) is 5.79. The van der Waals surface area contributed by atoms with Gasteiger partial charge in [0.15, 0.2) is 0 Å². The highest BCUT2D eigenvalue weighted by atomic mass is 32.2. The van der Waals surface area contributed by atoms with Gasteiger partial charge in [0.05, 0.1) is 17.7 Å². The second-order valence-corrected chi connectivity index (χ2v) is 8.16. The summed E-state index contributed by atoms with van der Waals surface area (Å²) in [7, 11) is -2.21. The van der Waals surface area contributed by atoms with E-state index in [4.69, 9.17) is 4.74 Å². The minimum atomic E-state index is -3.73. The molecule has 146 valence electrons. The van der Waals surface area contributed by atoms with Gasteiger partial charge in [-0.3, -0.25) is 9.52 Å². The van der Waals surface area contributed by atoms with Gasteiger partial charge in [-0.15, -0.1) is 0 Å². The van der Waals surface area contributed by atoms with Gasteiger partial charge < -0.3 is 10.1 Å². The number of methoxy groups -OCH3 is 1. The number of sulfonamides is 1. The van der Waals surface area contributed by atoms with Crippen LogP contribution in [-0.2, 0) is 10.0 Å². The third-order valence-corrected chi connectivity index (χ3v) is 5.58. The van der Waals surface area contributed by atoms with Crippen molar-refractivity contribution in [2.75, 3.05) is 11.8 Å². The van der Waals surface area contributed by atoms with E-state index in [-0.39, 0.29) is 16.8 Å². The van der Waals surface area contributed by atoms with Crippen molar-refractivity contribution in [3.8, 4) is 5.75 Å². The molecule has 1 unspecified atom stereocenters. The monoisotopic (exact) mass is 390 g/mol. The van der Waals surface area contributed by atoms with Gasteiger partial charge in [0, 0.05) is 11.6 Å². The zero-order chi connectivity index (χ0) is 20.0. The average Bonchev–Trinajstić information content (AvgIpc) is 2.63. The molecule has 27 heavy (non-hydrogen) atoms. The van der Waals surface area contributed by atoms with Crippen LogP contribution in [0, 0.1) is 6.92 Å². The maximum Gasteiger partial charge on any atom is 0.261 e. The first-order chi connectivity index (χ1) is 12.8. The van der Waals surface area contributed by atoms with Crippen molar-refractivity contribution in [1.29, 1.82) is 0 Å². The van der Waals surface area contributed by atoms with Gasteiger partial charge in [-0.1, -0.05) is 13.3 Å². The van der Waals surface area contributed by atoms with Crippen LogP contribution in [0.3, 0.4) is 0 Å². The number of rotatable bonds is 8. The first-order valence-corrected chi connectivity index (χ1v) is 10.3. The van der Waals surface area contributed by atoms with Crippen molar-refractivity contribution in [2.24, 2.45) is 0 Å². The Hall–Kier alpha value is -2.54. The van der Waals surface area contributed by atoms with Crippen LogP contribution in [0.25, 0.3) is 0 Å². The molecule has 1 amide bonds. The number of nitrogens with one attached hydrogen (secondary N) is 2. The van der Waals surface area contributed by atoms with Crippen molar-refractivity contribution < 1.29 is 17.9 Å². The van der Waals surface area contributed by atoms with Crippen LogP contribution in [0.15, 0.2) is 47.4 Å². The molecule has 0 aromatic heterocycles. The number of aryl methyl sites for hydroxylation is 1. The Balaban J connectivity index is 2.16. The van der Waals surface area contributed by atoms with Gasteiger partial charge in [0.2, 0.25) is 0 Å². The van der Waals surface area contributed by atoms with E-state index in [0.717, 1.165) is 12.8 Å². The lowest BCUT2D eigenvalue weighted by Gasteiger charge is -2.15. The number of amides is 1. The Kier molecular flexibility index (Phi) is 6.85. The number of anilines is 1. The lowest BCUT2D eigenvalue weighted by Crippen LogP contribution is -2.32. The van der Waals surface area contributed by atoms with Crippen molar-refractivity contribution in [2.45, 2.75) is 44.6 Å². The minimum absolute atomic E-state index is 0.0936. The number of carbonyl (C=O) groups excluding carboxylic acids is 1. The summed E-state index contributed by atoms with van der Waals surface area (Å²) in [6, 6.07) is 11.1. The van der Waals surface area contributed by atoms with E-state index < -0.39 is 10.0 Å². The van der Waals surface area contributed by atoms with Crippen LogP contribution >= 0.6 is 0 Å². The normalized spacial score (nSPS) is 12.3. The quantitative estimate of drug-likeness (QED) is 0.719. The molecule has 1 atom stereocenters. The van der Waals surface area contributed by atoms with Crippen molar-refractivity contribution >= 4 is 21.6 Å². The van der Waals surface area contributed by atoms with Crippen LogP contribution in [0.2, 0.25) is 0 Å². The van der Waals surface area contributed by atoms with Crippen LogP contribution in [0.4, 0.5) is 5.69 Å². The van der Waals surface area contributed by atoms with Gasteiger partial charge in [-0.2, -0.15) is 0 Å². The number of ether oxygens (including phenoxy) is 1. The fraction of sp³-hybridized carbons (Fsp3) is 0.350. The third kappa shape index (κ3) is 5.47. The van der Waals surface area contributed by atoms with Crippen molar-refractivity contribution in [1.82, 2.24) is 5.32 Å². The highest BCUT2D eigenvalue weighted by Crippen LogP contribution is 2.22. The minimum Gasteiger partial charge on any atom is -0.497 e. The summed E-state index contributed by atoms with van der Waals surface area (Å²) < 4.78 is 32.7. The van der Waals surface area contributed by atoms with Gasteiger partial charge in [0.25, 0.3) is 15.9 Å². The summed E-state index contributed by atoms with van der Waals surface area (Å²) in [5.74, 6) is 0.418. The van der Waals surface area contributed by atoms with Gasteiger partial charge in [-0.05, 0) is 68.3 Å². The SMILES string of the molecule is CCCC(C)NC(=O)c1ccc(NS(=O)(=O)c2ccc(OC)cc2)c(C)c1. The molecule has 0 saturated heterocycles. The lowest BCUT2D eigenvalue weighted by molar-refractivity contribution is 0.0938. The summed E-state index contributed by atoms with van der Waals surface area (Å²) in [5.41, 5.74) is 1.61. The molecule has 0 aliphatic rings. The molecule has 2 aromatic carbocycles. The van der Waals surface area contributed by atoms with Crippen molar-refractivity contribution in [3.63, 3.8) is 0 Å². The Morgan fingerprint density at radius 2 is 1.81 bits per heavy atom. The molecule has 2 aromatic rings. The van der Waals surface area contributed by atoms with Crippen LogP contribution in [0.1, 0.15) is 42.6 Å². The molecule has 0 fully saturated rings. The molecule has 0 aliphatic heterocycles. The van der Waals surface area contributed by atoms with E-state index in [1.807, 2.05) is 6.92 Å². The number of hydrogen-bond acceptors (Lipinski definition) is 4. The molecule has 0 aliphatic carbocycles. The van der Waals surface area contributed by atoms with Gasteiger partial charge in [-0.25, -0.2) is 8.42 Å². The lowest BCUT2D eigenvalue weighted by atomic mass is 10.1. The zero-order valence-corrected chi connectivity index (χ0v) is 16.9. The topological polar surface area (TPSA) is 84.5 Å². The van der Waals surface area contributed by atoms with Crippen LogP contribution in [0.5, 0.6) is 5.75 Å².